The molecule has 2 atom stereocenters. The van der Waals surface area contributed by atoms with Crippen LogP contribution in [0.15, 0.2) is 64.4 Å². The standard InChI is InChI=1S/C26H27N5O5/c1-5-36-25(33)19-15(2)27-23-21(20(19)16-9-7-6-8-10-16)22(28-26(34)31(23)3)29-30-24(32)17-11-13-18(35-4)14-12-17/h6-14,19-20H,5H2,1-4H3,(H,30,32)(H,28,29,34). The highest BCUT2D eigenvalue weighted by molar-refractivity contribution is 6.05. The number of esters is 1. The van der Waals surface area contributed by atoms with Gasteiger partial charge in [0.25, 0.3) is 5.91 Å². The number of anilines is 1. The van der Waals surface area contributed by atoms with Crippen molar-refractivity contribution in [3.05, 3.63) is 81.8 Å². The van der Waals surface area contributed by atoms with E-state index in [0.717, 1.165) is 5.56 Å². The van der Waals surface area contributed by atoms with Gasteiger partial charge in [0, 0.05) is 29.8 Å². The van der Waals surface area contributed by atoms with E-state index in [2.05, 4.69) is 20.8 Å². The molecule has 0 spiro atoms. The molecule has 0 saturated heterocycles. The number of ether oxygens (including phenoxy) is 2. The molecule has 3 aromatic rings. The van der Waals surface area contributed by atoms with Gasteiger partial charge in [-0.3, -0.25) is 25.0 Å². The highest BCUT2D eigenvalue weighted by Crippen LogP contribution is 2.44. The summed E-state index contributed by atoms with van der Waals surface area (Å²) in [6, 6.07) is 16.0. The fourth-order valence-electron chi connectivity index (χ4n) is 4.26. The summed E-state index contributed by atoms with van der Waals surface area (Å²) in [5.74, 6) is -1.10. The molecule has 10 heteroatoms. The predicted molar refractivity (Wildman–Crippen MR) is 135 cm³/mol. The molecule has 0 radical (unpaired) electrons. The van der Waals surface area contributed by atoms with Crippen LogP contribution in [0.25, 0.3) is 0 Å². The zero-order valence-corrected chi connectivity index (χ0v) is 20.4. The zero-order chi connectivity index (χ0) is 25.8. The second-order valence-electron chi connectivity index (χ2n) is 8.22. The minimum Gasteiger partial charge on any atom is -0.497 e. The molecule has 4 rings (SSSR count). The molecule has 1 amide bonds. The summed E-state index contributed by atoms with van der Waals surface area (Å²) < 4.78 is 11.8. The van der Waals surface area contributed by atoms with Crippen LogP contribution in [0.2, 0.25) is 0 Å². The Balaban J connectivity index is 1.79. The average molecular weight is 490 g/mol. The Labute approximate surface area is 208 Å². The molecule has 36 heavy (non-hydrogen) atoms. The van der Waals surface area contributed by atoms with Gasteiger partial charge in [-0.25, -0.2) is 9.79 Å². The van der Waals surface area contributed by atoms with E-state index in [9.17, 15) is 14.4 Å². The average Bonchev–Trinajstić information content (AvgIpc) is 2.89. The molecule has 1 aliphatic rings. The van der Waals surface area contributed by atoms with E-state index in [1.165, 1.54) is 11.7 Å². The molecular weight excluding hydrogens is 462 g/mol. The molecule has 2 unspecified atom stereocenters. The van der Waals surface area contributed by atoms with E-state index in [0.29, 0.717) is 28.4 Å². The number of fused-ring (bicyclic) bond motifs is 1. The number of rotatable bonds is 7. The highest BCUT2D eigenvalue weighted by Gasteiger charge is 2.41. The molecule has 0 fully saturated rings. The molecule has 2 aromatic carbocycles. The van der Waals surface area contributed by atoms with Crippen molar-refractivity contribution in [2.45, 2.75) is 19.8 Å². The van der Waals surface area contributed by atoms with Crippen LogP contribution in [-0.2, 0) is 16.6 Å². The third-order valence-electron chi connectivity index (χ3n) is 6.03. The summed E-state index contributed by atoms with van der Waals surface area (Å²) in [7, 11) is 3.11. The minimum atomic E-state index is -0.739. The van der Waals surface area contributed by atoms with Gasteiger partial charge in [0.15, 0.2) is 5.82 Å². The van der Waals surface area contributed by atoms with Crippen LogP contribution in [0.3, 0.4) is 0 Å². The van der Waals surface area contributed by atoms with E-state index < -0.39 is 29.4 Å². The van der Waals surface area contributed by atoms with E-state index in [4.69, 9.17) is 9.47 Å². The smallest absolute Gasteiger partial charge is 0.350 e. The maximum absolute atomic E-state index is 13.1. The van der Waals surface area contributed by atoms with Gasteiger partial charge in [-0.1, -0.05) is 30.3 Å². The number of carbonyl (C=O) groups is 2. The third kappa shape index (κ3) is 4.70. The van der Waals surface area contributed by atoms with Crippen LogP contribution in [0.4, 0.5) is 11.6 Å². The third-order valence-corrected chi connectivity index (χ3v) is 6.03. The first kappa shape index (κ1) is 24.6. The number of aliphatic imine (C=N–C) groups is 1. The van der Waals surface area contributed by atoms with Gasteiger partial charge in [0.2, 0.25) is 0 Å². The Morgan fingerprint density at radius 3 is 2.42 bits per heavy atom. The van der Waals surface area contributed by atoms with Crippen molar-refractivity contribution in [3.8, 4) is 5.75 Å². The molecule has 1 aliphatic heterocycles. The summed E-state index contributed by atoms with van der Waals surface area (Å²) in [5, 5.41) is 0. The second-order valence-corrected chi connectivity index (χ2v) is 8.22. The maximum atomic E-state index is 13.1. The lowest BCUT2D eigenvalue weighted by Gasteiger charge is -2.32. The van der Waals surface area contributed by atoms with Gasteiger partial charge in [0.1, 0.15) is 17.5 Å². The number of benzene rings is 2. The Hall–Kier alpha value is -4.47. The lowest BCUT2D eigenvalue weighted by molar-refractivity contribution is -0.146. The lowest BCUT2D eigenvalue weighted by atomic mass is 9.77. The van der Waals surface area contributed by atoms with Gasteiger partial charge < -0.3 is 9.47 Å². The van der Waals surface area contributed by atoms with Gasteiger partial charge in [-0.15, -0.1) is 0 Å². The van der Waals surface area contributed by atoms with E-state index >= 15 is 0 Å². The lowest BCUT2D eigenvalue weighted by Crippen LogP contribution is -2.38. The molecule has 2 N–H and O–H groups in total. The first-order chi connectivity index (χ1) is 17.3. The van der Waals surface area contributed by atoms with Gasteiger partial charge in [-0.2, -0.15) is 4.98 Å². The normalized spacial score (nSPS) is 16.4. The Bertz CT molecular complexity index is 1370. The van der Waals surface area contributed by atoms with Crippen molar-refractivity contribution in [3.63, 3.8) is 0 Å². The largest absolute Gasteiger partial charge is 0.497 e. The summed E-state index contributed by atoms with van der Waals surface area (Å²) in [4.78, 5) is 47.3. The van der Waals surface area contributed by atoms with Gasteiger partial charge in [0.05, 0.1) is 13.7 Å². The van der Waals surface area contributed by atoms with Crippen LogP contribution in [-0.4, -0.2) is 40.9 Å². The number of nitrogens with zero attached hydrogens (tertiary/aromatic N) is 3. The summed E-state index contributed by atoms with van der Waals surface area (Å²) in [6.07, 6.45) is 0. The summed E-state index contributed by atoms with van der Waals surface area (Å²) in [6.45, 7) is 3.70. The van der Waals surface area contributed by atoms with Crippen molar-refractivity contribution >= 4 is 29.2 Å². The highest BCUT2D eigenvalue weighted by atomic mass is 16.5. The van der Waals surface area contributed by atoms with Crippen molar-refractivity contribution in [2.24, 2.45) is 18.0 Å². The number of amides is 1. The number of aromatic nitrogens is 2. The van der Waals surface area contributed by atoms with Crippen molar-refractivity contribution in [2.75, 3.05) is 19.1 Å². The maximum Gasteiger partial charge on any atom is 0.350 e. The predicted octanol–water partition coefficient (Wildman–Crippen LogP) is 2.96. The molecule has 2 heterocycles. The molecular formula is C26H27N5O5. The monoisotopic (exact) mass is 489 g/mol. The number of methoxy groups -OCH3 is 1. The number of hydrazine groups is 1. The minimum absolute atomic E-state index is 0.106. The van der Waals surface area contributed by atoms with E-state index in [-0.39, 0.29) is 12.4 Å². The molecule has 0 saturated carbocycles. The number of nitrogens with one attached hydrogen (secondary N) is 2. The van der Waals surface area contributed by atoms with Crippen LogP contribution >= 0.6 is 0 Å². The van der Waals surface area contributed by atoms with Crippen LogP contribution < -0.4 is 21.3 Å². The Morgan fingerprint density at radius 1 is 1.08 bits per heavy atom. The van der Waals surface area contributed by atoms with Gasteiger partial charge in [-0.05, 0) is 43.7 Å². The molecule has 0 aliphatic carbocycles. The quantitative estimate of drug-likeness (QED) is 0.386. The van der Waals surface area contributed by atoms with Crippen molar-refractivity contribution in [1.29, 1.82) is 0 Å². The fourth-order valence-corrected chi connectivity index (χ4v) is 4.26. The van der Waals surface area contributed by atoms with E-state index in [1.807, 2.05) is 30.3 Å². The zero-order valence-electron chi connectivity index (χ0n) is 20.4. The SMILES string of the molecule is CCOC(=O)C1C(C)=Nc2c(c(NNC(=O)c3ccc(OC)cc3)nc(=O)n2C)C1c1ccccc1. The summed E-state index contributed by atoms with van der Waals surface area (Å²) >= 11 is 0. The van der Waals surface area contributed by atoms with Crippen LogP contribution in [0, 0.1) is 5.92 Å². The fraction of sp³-hybridized carbons (Fsp3) is 0.269. The summed E-state index contributed by atoms with van der Waals surface area (Å²) in [5.41, 5.74) is 7.04. The number of hydrogen-bond donors (Lipinski definition) is 2. The molecule has 186 valence electrons. The van der Waals surface area contributed by atoms with Crippen LogP contribution in [0.5, 0.6) is 5.75 Å². The van der Waals surface area contributed by atoms with Crippen molar-refractivity contribution < 1.29 is 19.1 Å². The van der Waals surface area contributed by atoms with Gasteiger partial charge >= 0.3 is 11.7 Å². The molecule has 0 bridgehead atoms. The van der Waals surface area contributed by atoms with Crippen molar-refractivity contribution in [1.82, 2.24) is 15.0 Å². The number of carbonyl (C=O) groups excluding carboxylic acids is 2. The topological polar surface area (TPSA) is 124 Å². The Kier molecular flexibility index (Phi) is 7.14. The first-order valence-electron chi connectivity index (χ1n) is 11.4. The molecule has 1 aromatic heterocycles. The number of hydrogen-bond acceptors (Lipinski definition) is 8. The Morgan fingerprint density at radius 2 is 1.78 bits per heavy atom. The van der Waals surface area contributed by atoms with E-state index in [1.54, 1.807) is 45.2 Å². The second kappa shape index (κ2) is 10.4. The van der Waals surface area contributed by atoms with Crippen LogP contribution in [0.1, 0.15) is 41.3 Å². The first-order valence-corrected chi connectivity index (χ1v) is 11.4. The molecule has 10 nitrogen and oxygen atoms in total.